The van der Waals surface area contributed by atoms with Gasteiger partial charge in [-0.25, -0.2) is 4.31 Å². The molecule has 74 valence electrons. The van der Waals surface area contributed by atoms with E-state index < -0.39 is 0 Å². The SMILES string of the molecule is CC(S)SN(C(C)C)C(C)(C)C. The summed E-state index contributed by atoms with van der Waals surface area (Å²) in [5.74, 6) is 0. The van der Waals surface area contributed by atoms with Crippen LogP contribution in [0.2, 0.25) is 0 Å². The van der Waals surface area contributed by atoms with E-state index in [0.29, 0.717) is 10.6 Å². The van der Waals surface area contributed by atoms with Crippen LogP contribution in [0.1, 0.15) is 41.5 Å². The molecule has 0 saturated carbocycles. The van der Waals surface area contributed by atoms with Crippen molar-refractivity contribution in [3.63, 3.8) is 0 Å². The van der Waals surface area contributed by atoms with Gasteiger partial charge >= 0.3 is 0 Å². The molecule has 1 nitrogen and oxygen atoms in total. The molecule has 0 saturated heterocycles. The summed E-state index contributed by atoms with van der Waals surface area (Å²) in [5, 5.41) is 0. The van der Waals surface area contributed by atoms with Gasteiger partial charge < -0.3 is 0 Å². The topological polar surface area (TPSA) is 3.24 Å². The molecule has 0 radical (unpaired) electrons. The van der Waals surface area contributed by atoms with Gasteiger partial charge in [0.1, 0.15) is 0 Å². The zero-order valence-corrected chi connectivity index (χ0v) is 10.7. The van der Waals surface area contributed by atoms with Crippen LogP contribution in [-0.2, 0) is 0 Å². The maximum Gasteiger partial charge on any atom is 0.0591 e. The van der Waals surface area contributed by atoms with Gasteiger partial charge in [-0.15, -0.1) is 0 Å². The average Bonchev–Trinajstić information content (AvgIpc) is 1.79. The number of hydrogen-bond acceptors (Lipinski definition) is 3. The molecule has 3 heteroatoms. The van der Waals surface area contributed by atoms with E-state index in [4.69, 9.17) is 0 Å². The highest BCUT2D eigenvalue weighted by Crippen LogP contribution is 2.30. The predicted octanol–water partition coefficient (Wildman–Crippen LogP) is 3.42. The third-order valence-electron chi connectivity index (χ3n) is 1.40. The van der Waals surface area contributed by atoms with E-state index in [1.807, 2.05) is 11.9 Å². The maximum absolute atomic E-state index is 4.39. The predicted molar refractivity (Wildman–Crippen MR) is 62.8 cm³/mol. The summed E-state index contributed by atoms with van der Waals surface area (Å²) in [4.78, 5) is 0. The van der Waals surface area contributed by atoms with Gasteiger partial charge in [-0.3, -0.25) is 0 Å². The normalized spacial score (nSPS) is 15.8. The van der Waals surface area contributed by atoms with Crippen molar-refractivity contribution in [1.29, 1.82) is 0 Å². The third kappa shape index (κ3) is 4.63. The van der Waals surface area contributed by atoms with Gasteiger partial charge in [0.15, 0.2) is 0 Å². The molecule has 0 spiro atoms. The van der Waals surface area contributed by atoms with Crippen LogP contribution >= 0.6 is 24.6 Å². The van der Waals surface area contributed by atoms with Crippen LogP contribution in [0.25, 0.3) is 0 Å². The number of thiol groups is 1. The Bertz CT molecular complexity index is 127. The van der Waals surface area contributed by atoms with Crippen LogP contribution < -0.4 is 0 Å². The molecule has 1 unspecified atom stereocenters. The molecule has 0 fully saturated rings. The quantitative estimate of drug-likeness (QED) is 0.429. The van der Waals surface area contributed by atoms with E-state index in [2.05, 4.69) is 58.5 Å². The number of rotatable bonds is 3. The highest BCUT2D eigenvalue weighted by atomic mass is 32.2. The van der Waals surface area contributed by atoms with E-state index in [1.165, 1.54) is 0 Å². The van der Waals surface area contributed by atoms with E-state index in [-0.39, 0.29) is 5.54 Å². The molecule has 0 bridgehead atoms. The molecule has 1 atom stereocenters. The fraction of sp³-hybridized carbons (Fsp3) is 1.00. The van der Waals surface area contributed by atoms with Crippen LogP contribution in [-0.4, -0.2) is 20.5 Å². The molecule has 12 heavy (non-hydrogen) atoms. The van der Waals surface area contributed by atoms with Crippen LogP contribution in [0.4, 0.5) is 0 Å². The Labute approximate surface area is 86.8 Å². The monoisotopic (exact) mass is 207 g/mol. The lowest BCUT2D eigenvalue weighted by atomic mass is 10.1. The molecular formula is C9H21NS2. The minimum Gasteiger partial charge on any atom is -0.242 e. The van der Waals surface area contributed by atoms with Crippen molar-refractivity contribution in [3.05, 3.63) is 0 Å². The molecule has 0 aliphatic carbocycles. The van der Waals surface area contributed by atoms with Gasteiger partial charge in [-0.1, -0.05) is 11.9 Å². The Morgan fingerprint density at radius 3 is 1.67 bits per heavy atom. The first-order valence-electron chi connectivity index (χ1n) is 4.39. The summed E-state index contributed by atoms with van der Waals surface area (Å²) < 4.78 is 2.76. The molecule has 0 rings (SSSR count). The summed E-state index contributed by atoms with van der Waals surface area (Å²) in [6, 6.07) is 0.560. The van der Waals surface area contributed by atoms with Crippen LogP contribution in [0.3, 0.4) is 0 Å². The van der Waals surface area contributed by atoms with Gasteiger partial charge in [0.05, 0.1) is 4.58 Å². The fourth-order valence-electron chi connectivity index (χ4n) is 1.22. The van der Waals surface area contributed by atoms with Gasteiger partial charge in [-0.2, -0.15) is 12.6 Å². The molecule has 0 heterocycles. The van der Waals surface area contributed by atoms with E-state index >= 15 is 0 Å². The van der Waals surface area contributed by atoms with Crippen LogP contribution in [0.5, 0.6) is 0 Å². The van der Waals surface area contributed by atoms with Crippen molar-refractivity contribution in [2.45, 2.75) is 57.7 Å². The Balaban J connectivity index is 4.25. The first-order valence-corrected chi connectivity index (χ1v) is 5.74. The first-order chi connectivity index (χ1) is 5.25. The lowest BCUT2D eigenvalue weighted by Gasteiger charge is -2.38. The average molecular weight is 207 g/mol. The minimum absolute atomic E-state index is 0.218. The second-order valence-corrected chi connectivity index (χ2v) is 6.73. The Kier molecular flexibility index (Phi) is 5.04. The molecule has 0 amide bonds. The highest BCUT2D eigenvalue weighted by Gasteiger charge is 2.25. The summed E-state index contributed by atoms with van der Waals surface area (Å²) in [6.07, 6.45) is 0. The standard InChI is InChI=1S/C9H21NS2/c1-7(2)10(9(4,5)6)12-8(3)11/h7-8,11H,1-6H3. The molecule has 0 N–H and O–H groups in total. The Morgan fingerprint density at radius 2 is 1.58 bits per heavy atom. The fourth-order valence-corrected chi connectivity index (χ4v) is 2.41. The highest BCUT2D eigenvalue weighted by molar-refractivity contribution is 8.08. The molecule has 0 aliphatic heterocycles. The lowest BCUT2D eigenvalue weighted by molar-refractivity contribution is 0.231. The molecule has 0 aromatic heterocycles. The molecule has 0 aromatic carbocycles. The second kappa shape index (κ2) is 4.77. The minimum atomic E-state index is 0.218. The van der Waals surface area contributed by atoms with Gasteiger partial charge in [-0.05, 0) is 41.5 Å². The molecular weight excluding hydrogens is 186 g/mol. The number of hydrogen-bond donors (Lipinski definition) is 1. The zero-order chi connectivity index (χ0) is 9.94. The maximum atomic E-state index is 4.39. The number of nitrogens with zero attached hydrogens (tertiary/aromatic N) is 1. The summed E-state index contributed by atoms with van der Waals surface area (Å²) in [7, 11) is 0. The van der Waals surface area contributed by atoms with Crippen molar-refractivity contribution in [3.8, 4) is 0 Å². The summed E-state index contributed by atoms with van der Waals surface area (Å²) in [5.41, 5.74) is 0.218. The zero-order valence-electron chi connectivity index (χ0n) is 8.96. The van der Waals surface area contributed by atoms with E-state index in [0.717, 1.165) is 0 Å². The van der Waals surface area contributed by atoms with E-state index in [1.54, 1.807) is 0 Å². The van der Waals surface area contributed by atoms with Gasteiger partial charge in [0.25, 0.3) is 0 Å². The van der Waals surface area contributed by atoms with E-state index in [9.17, 15) is 0 Å². The molecule has 0 aliphatic rings. The largest absolute Gasteiger partial charge is 0.242 e. The van der Waals surface area contributed by atoms with Crippen molar-refractivity contribution in [2.75, 3.05) is 0 Å². The summed E-state index contributed by atoms with van der Waals surface area (Å²) in [6.45, 7) is 13.2. The van der Waals surface area contributed by atoms with Crippen LogP contribution in [0.15, 0.2) is 0 Å². The van der Waals surface area contributed by atoms with Crippen LogP contribution in [0, 0.1) is 0 Å². The second-order valence-electron chi connectivity index (χ2n) is 4.30. The van der Waals surface area contributed by atoms with Gasteiger partial charge in [0, 0.05) is 11.6 Å². The van der Waals surface area contributed by atoms with Crippen molar-refractivity contribution >= 4 is 24.6 Å². The Morgan fingerprint density at radius 1 is 1.17 bits per heavy atom. The van der Waals surface area contributed by atoms with Crippen molar-refractivity contribution in [1.82, 2.24) is 4.31 Å². The smallest absolute Gasteiger partial charge is 0.0591 e. The third-order valence-corrected chi connectivity index (χ3v) is 3.18. The summed E-state index contributed by atoms with van der Waals surface area (Å²) >= 11 is 6.20. The lowest BCUT2D eigenvalue weighted by Crippen LogP contribution is -2.41. The van der Waals surface area contributed by atoms with Crippen molar-refractivity contribution < 1.29 is 0 Å². The van der Waals surface area contributed by atoms with Gasteiger partial charge in [0.2, 0.25) is 0 Å². The Hall–Kier alpha value is 0.660. The van der Waals surface area contributed by atoms with Crippen molar-refractivity contribution in [2.24, 2.45) is 0 Å². The molecule has 0 aromatic rings. The first kappa shape index (κ1) is 12.7.